The molecule has 4 aromatic carbocycles. The summed E-state index contributed by atoms with van der Waals surface area (Å²) in [6.07, 6.45) is 5.68. The third-order valence-electron chi connectivity index (χ3n) is 13.9. The lowest BCUT2D eigenvalue weighted by Crippen LogP contribution is -2.35. The van der Waals surface area contributed by atoms with Gasteiger partial charge in [0, 0.05) is 65.7 Å². The van der Waals surface area contributed by atoms with Crippen LogP contribution >= 0.6 is 0 Å². The zero-order chi connectivity index (χ0) is 62.0. The maximum Gasteiger partial charge on any atom is 0.356 e. The molecule has 5 heterocycles. The number of fused-ring (bicyclic) bond motifs is 8. The van der Waals surface area contributed by atoms with E-state index in [0.717, 1.165) is 55.4 Å². The molecule has 2 aliphatic rings. The lowest BCUT2D eigenvalue weighted by molar-refractivity contribution is -0.159. The van der Waals surface area contributed by atoms with Crippen molar-refractivity contribution in [3.63, 3.8) is 0 Å². The molecule has 468 valence electrons. The van der Waals surface area contributed by atoms with E-state index >= 15 is 0 Å². The Balaban J connectivity index is 1.14. The molecular formula is C68H74N4O17. The molecule has 0 radical (unpaired) electrons. The van der Waals surface area contributed by atoms with Crippen molar-refractivity contribution in [3.8, 4) is 67.5 Å². The Kier molecular flexibility index (Phi) is 24.8. The quantitative estimate of drug-likeness (QED) is 0.0207. The number of nitrogens with one attached hydrogen (secondary N) is 2. The van der Waals surface area contributed by atoms with Crippen LogP contribution in [0.3, 0.4) is 0 Å². The molecule has 21 nitrogen and oxygen atoms in total. The van der Waals surface area contributed by atoms with E-state index in [2.05, 4.69) is 22.1 Å². The van der Waals surface area contributed by atoms with E-state index in [-0.39, 0.29) is 5.75 Å². The number of H-pyrrole nitrogens is 2. The smallest absolute Gasteiger partial charge is 0.356 e. The monoisotopic (exact) mass is 1220 g/mol. The predicted octanol–water partition coefficient (Wildman–Crippen LogP) is 10.4. The minimum Gasteiger partial charge on any atom is -0.491 e. The molecule has 8 bridgehead atoms. The van der Waals surface area contributed by atoms with E-state index < -0.39 is 18.0 Å². The summed E-state index contributed by atoms with van der Waals surface area (Å²) in [6, 6.07) is 38.3. The molecule has 0 unspecified atom stereocenters. The average Bonchev–Trinajstić information content (AvgIpc) is 1.80. The lowest BCUT2D eigenvalue weighted by Gasteiger charge is -2.12. The second kappa shape index (κ2) is 34.1. The van der Waals surface area contributed by atoms with Crippen molar-refractivity contribution >= 4 is 58.3 Å². The summed E-state index contributed by atoms with van der Waals surface area (Å²) in [5, 5.41) is 19.2. The van der Waals surface area contributed by atoms with Crippen LogP contribution in [0.1, 0.15) is 22.8 Å². The Morgan fingerprint density at radius 3 is 0.910 bits per heavy atom. The number of carboxylic acids is 2. The van der Waals surface area contributed by atoms with Crippen LogP contribution < -0.4 is 18.9 Å². The molecule has 0 saturated heterocycles. The van der Waals surface area contributed by atoms with Crippen molar-refractivity contribution in [1.29, 1.82) is 0 Å². The molecule has 0 amide bonds. The van der Waals surface area contributed by atoms with Gasteiger partial charge >= 0.3 is 11.9 Å². The first-order valence-electron chi connectivity index (χ1n) is 29.2. The summed E-state index contributed by atoms with van der Waals surface area (Å²) in [4.78, 5) is 42.1. The topological polar surface area (TPSA) is 252 Å². The summed E-state index contributed by atoms with van der Waals surface area (Å²) < 4.78 is 72.6. The van der Waals surface area contributed by atoms with E-state index in [0.29, 0.717) is 170 Å². The van der Waals surface area contributed by atoms with Crippen LogP contribution in [-0.4, -0.2) is 188 Å². The summed E-state index contributed by atoms with van der Waals surface area (Å²) in [6.45, 7) is 7.93. The van der Waals surface area contributed by atoms with Crippen LogP contribution in [0, 0.1) is 0 Å². The van der Waals surface area contributed by atoms with Gasteiger partial charge in [0.2, 0.25) is 0 Å². The zero-order valence-electron chi connectivity index (χ0n) is 50.1. The third kappa shape index (κ3) is 18.4. The van der Waals surface area contributed by atoms with E-state index in [4.69, 9.17) is 71.5 Å². The first kappa shape index (κ1) is 64.7. The molecule has 21 heteroatoms. The van der Waals surface area contributed by atoms with Gasteiger partial charge in [-0.05, 0) is 119 Å². The fourth-order valence-corrected chi connectivity index (χ4v) is 9.66. The minimum absolute atomic E-state index is 0.0467. The van der Waals surface area contributed by atoms with Crippen molar-refractivity contribution in [3.05, 3.63) is 144 Å². The number of carbonyl (C=O) groups is 2. The summed E-state index contributed by atoms with van der Waals surface area (Å²) in [7, 11) is 4.90. The molecule has 0 aliphatic carbocycles. The molecule has 89 heavy (non-hydrogen) atoms. The highest BCUT2D eigenvalue weighted by Crippen LogP contribution is 2.40. The maximum absolute atomic E-state index is 11.8. The first-order chi connectivity index (χ1) is 43.7. The van der Waals surface area contributed by atoms with Gasteiger partial charge in [-0.2, -0.15) is 0 Å². The fraction of sp³-hybridized carbons (Fsp3) is 0.324. The van der Waals surface area contributed by atoms with Gasteiger partial charge in [0.25, 0.3) is 6.10 Å². The number of ether oxygens (including phenoxy) is 13. The highest BCUT2D eigenvalue weighted by atomic mass is 16.6. The maximum atomic E-state index is 11.8. The Labute approximate surface area is 515 Å². The number of rotatable bonds is 38. The number of carboxylic acid groups (broad SMARTS) is 2. The van der Waals surface area contributed by atoms with Crippen LogP contribution in [-0.2, 0) is 52.2 Å². The van der Waals surface area contributed by atoms with E-state index in [9.17, 15) is 19.8 Å². The van der Waals surface area contributed by atoms with Gasteiger partial charge in [0.05, 0.1) is 122 Å². The van der Waals surface area contributed by atoms with Crippen molar-refractivity contribution in [2.75, 3.05) is 140 Å². The lowest BCUT2D eigenvalue weighted by atomic mass is 10.0. The SMILES string of the molecule is COCCOCCOCCOc1ccc(-c2c3nc(c(-c4ccc(OC(C(=O)O)C(=O)O)cc4)c4nc(c(-c5ccc(OCCOCCOCCOC)cc5)c5ccc([nH]5)c(-c5ccc(OCCOCCOCCOC)cc5)c5ccc2[nH]5)C=C4)C=C3)cc1. The standard InChI is InChI=1S/C68H74N4O17/c1-77-28-31-80-34-37-83-40-43-86-50-12-4-46(5-13-50)62-54-20-22-56(69-54)63(47-6-14-51(15-7-47)87-44-41-84-38-35-81-32-29-78-2)58-24-26-60(71-58)65(49-10-18-53(19-11-49)89-66(67(73)74)68(75)76)61-27-25-59(72-61)64(57-23-21-55(62)70-57)48-8-16-52(17-9-48)88-45-42-85-39-36-82-33-30-79-3/h4-27,66,69-70H,28-45H2,1-3H3,(H,73,74)(H,75,76). The highest BCUT2D eigenvalue weighted by Gasteiger charge is 2.28. The summed E-state index contributed by atoms with van der Waals surface area (Å²) in [5.74, 6) is -1.22. The molecule has 2 aliphatic heterocycles. The molecule has 0 spiro atoms. The molecule has 0 saturated carbocycles. The molecule has 0 fully saturated rings. The van der Waals surface area contributed by atoms with E-state index in [1.165, 1.54) is 12.1 Å². The van der Waals surface area contributed by atoms with Crippen LogP contribution in [0.4, 0.5) is 0 Å². The zero-order valence-corrected chi connectivity index (χ0v) is 50.1. The molecule has 9 rings (SSSR count). The number of aromatic nitrogens is 4. The van der Waals surface area contributed by atoms with Crippen LogP contribution in [0.15, 0.2) is 121 Å². The Morgan fingerprint density at radius 2 is 0.596 bits per heavy atom. The van der Waals surface area contributed by atoms with Crippen LogP contribution in [0.5, 0.6) is 23.0 Å². The van der Waals surface area contributed by atoms with Crippen molar-refractivity contribution in [2.24, 2.45) is 0 Å². The normalized spacial score (nSPS) is 11.8. The molecule has 0 atom stereocenters. The minimum atomic E-state index is -2.11. The van der Waals surface area contributed by atoms with Gasteiger partial charge in [0.15, 0.2) is 0 Å². The third-order valence-corrected chi connectivity index (χ3v) is 13.9. The average molecular weight is 1220 g/mol. The van der Waals surface area contributed by atoms with Crippen molar-refractivity contribution < 1.29 is 81.4 Å². The number of hydrogen-bond acceptors (Lipinski definition) is 17. The van der Waals surface area contributed by atoms with E-state index in [1.807, 2.05) is 109 Å². The Bertz CT molecular complexity index is 3440. The van der Waals surface area contributed by atoms with Gasteiger partial charge in [0.1, 0.15) is 42.8 Å². The Morgan fingerprint density at radius 1 is 0.337 bits per heavy atom. The van der Waals surface area contributed by atoms with Crippen molar-refractivity contribution in [2.45, 2.75) is 6.10 Å². The Hall–Kier alpha value is -8.74. The first-order valence-corrected chi connectivity index (χ1v) is 29.2. The second-order valence-corrected chi connectivity index (χ2v) is 20.0. The molecule has 4 N–H and O–H groups in total. The number of aliphatic carboxylic acids is 2. The number of methoxy groups -OCH3 is 3. The number of nitrogens with zero attached hydrogens (tertiary/aromatic N) is 2. The summed E-state index contributed by atoms with van der Waals surface area (Å²) >= 11 is 0. The van der Waals surface area contributed by atoms with E-state index in [1.54, 1.807) is 33.5 Å². The van der Waals surface area contributed by atoms with Crippen molar-refractivity contribution in [1.82, 2.24) is 19.9 Å². The molecule has 7 aromatic rings. The van der Waals surface area contributed by atoms with Gasteiger partial charge in [-0.1, -0.05) is 48.5 Å². The van der Waals surface area contributed by atoms with Crippen LogP contribution in [0.2, 0.25) is 0 Å². The summed E-state index contributed by atoms with van der Waals surface area (Å²) in [5.41, 5.74) is 12.0. The fourth-order valence-electron chi connectivity index (χ4n) is 9.66. The van der Waals surface area contributed by atoms with Gasteiger partial charge in [-0.3, -0.25) is 0 Å². The molecule has 3 aromatic heterocycles. The largest absolute Gasteiger partial charge is 0.491 e. The number of hydrogen-bond donors (Lipinski definition) is 4. The number of aromatic amines is 2. The van der Waals surface area contributed by atoms with Gasteiger partial charge in [-0.15, -0.1) is 0 Å². The van der Waals surface area contributed by atoms with Gasteiger partial charge < -0.3 is 81.8 Å². The van der Waals surface area contributed by atoms with Crippen LogP contribution in [0.25, 0.3) is 90.9 Å². The predicted molar refractivity (Wildman–Crippen MR) is 337 cm³/mol. The second-order valence-electron chi connectivity index (χ2n) is 20.0. The molecular weight excluding hydrogens is 1140 g/mol. The van der Waals surface area contributed by atoms with Gasteiger partial charge in [-0.25, -0.2) is 19.6 Å². The highest BCUT2D eigenvalue weighted by molar-refractivity contribution is 6.00. The number of benzene rings is 4.